The molecule has 2 heterocycles. The normalized spacial score (nSPS) is 10.5. The third-order valence-corrected chi connectivity index (χ3v) is 5.44. The third-order valence-electron chi connectivity index (χ3n) is 2.34. The lowest BCUT2D eigenvalue weighted by molar-refractivity contribution is -0.133. The van der Waals surface area contributed by atoms with Crippen LogP contribution < -0.4 is 5.32 Å². The number of rotatable bonds is 5. The first kappa shape index (κ1) is 14.9. The molecule has 0 spiro atoms. The van der Waals surface area contributed by atoms with Crippen molar-refractivity contribution in [1.82, 2.24) is 10.2 Å². The fourth-order valence-corrected chi connectivity index (χ4v) is 3.68. The number of carboxylic acids is 1. The first-order valence-corrected chi connectivity index (χ1v) is 8.14. The van der Waals surface area contributed by atoms with E-state index in [-0.39, 0.29) is 11.7 Å². The predicted molar refractivity (Wildman–Crippen MR) is 80.0 cm³/mol. The van der Waals surface area contributed by atoms with Crippen LogP contribution in [0.15, 0.2) is 10.4 Å². The summed E-state index contributed by atoms with van der Waals surface area (Å²) in [6.07, 6.45) is 0. The summed E-state index contributed by atoms with van der Waals surface area (Å²) in [5.41, 5.74) is 1.08. The zero-order chi connectivity index (χ0) is 14.7. The molecule has 0 bridgehead atoms. The minimum absolute atomic E-state index is 0.0775. The Morgan fingerprint density at radius 2 is 2.10 bits per heavy atom. The Kier molecular flexibility index (Phi) is 4.73. The SMILES string of the molecule is Cc1cc(C(=O)Nc2nnc(SCC(=O)O)s2)sc1C. The maximum Gasteiger partial charge on any atom is 0.313 e. The number of aliphatic carboxylic acids is 1. The highest BCUT2D eigenvalue weighted by Gasteiger charge is 2.14. The number of carbonyl (C=O) groups excluding carboxylic acids is 1. The van der Waals surface area contributed by atoms with Gasteiger partial charge < -0.3 is 5.11 Å². The number of thiophene rings is 1. The number of carbonyl (C=O) groups is 2. The van der Waals surface area contributed by atoms with Crippen molar-refractivity contribution in [2.45, 2.75) is 18.2 Å². The number of hydrogen-bond donors (Lipinski definition) is 2. The summed E-state index contributed by atoms with van der Waals surface area (Å²) in [5.74, 6) is -1.22. The second kappa shape index (κ2) is 6.33. The van der Waals surface area contributed by atoms with Crippen LogP contribution in [0.2, 0.25) is 0 Å². The molecule has 0 aliphatic heterocycles. The Morgan fingerprint density at radius 3 is 2.70 bits per heavy atom. The first-order chi connectivity index (χ1) is 9.45. The van der Waals surface area contributed by atoms with Gasteiger partial charge >= 0.3 is 5.97 Å². The molecule has 1 amide bonds. The van der Waals surface area contributed by atoms with E-state index < -0.39 is 5.97 Å². The highest BCUT2D eigenvalue weighted by Crippen LogP contribution is 2.27. The number of aromatic nitrogens is 2. The number of hydrogen-bond acceptors (Lipinski definition) is 7. The van der Waals surface area contributed by atoms with E-state index in [9.17, 15) is 9.59 Å². The highest BCUT2D eigenvalue weighted by atomic mass is 32.2. The van der Waals surface area contributed by atoms with Crippen molar-refractivity contribution in [3.05, 3.63) is 21.4 Å². The minimum Gasteiger partial charge on any atom is -0.481 e. The molecule has 20 heavy (non-hydrogen) atoms. The van der Waals surface area contributed by atoms with Gasteiger partial charge in [0, 0.05) is 4.88 Å². The summed E-state index contributed by atoms with van der Waals surface area (Å²) >= 11 is 3.66. The predicted octanol–water partition coefficient (Wildman–Crippen LogP) is 2.65. The van der Waals surface area contributed by atoms with Crippen molar-refractivity contribution in [1.29, 1.82) is 0 Å². The number of anilines is 1. The summed E-state index contributed by atoms with van der Waals surface area (Å²) in [4.78, 5) is 24.2. The van der Waals surface area contributed by atoms with E-state index in [1.165, 1.54) is 11.3 Å². The van der Waals surface area contributed by atoms with Crippen molar-refractivity contribution in [2.24, 2.45) is 0 Å². The smallest absolute Gasteiger partial charge is 0.313 e. The molecule has 9 heteroatoms. The van der Waals surface area contributed by atoms with Gasteiger partial charge in [0.05, 0.1) is 10.6 Å². The molecule has 0 unspecified atom stereocenters. The number of aryl methyl sites for hydroxylation is 2. The number of nitrogens with zero attached hydrogens (tertiary/aromatic N) is 2. The van der Waals surface area contributed by atoms with E-state index in [1.54, 1.807) is 0 Å². The molecule has 0 fully saturated rings. The Labute approximate surface area is 127 Å². The van der Waals surface area contributed by atoms with Gasteiger partial charge in [-0.05, 0) is 25.5 Å². The Morgan fingerprint density at radius 1 is 1.35 bits per heavy atom. The molecule has 2 N–H and O–H groups in total. The quantitative estimate of drug-likeness (QED) is 0.647. The maximum atomic E-state index is 12.0. The molecule has 2 aromatic rings. The molecule has 6 nitrogen and oxygen atoms in total. The number of nitrogens with one attached hydrogen (secondary N) is 1. The monoisotopic (exact) mass is 329 g/mol. The summed E-state index contributed by atoms with van der Waals surface area (Å²) in [5, 5.41) is 19.2. The second-order valence-corrected chi connectivity index (χ2v) is 7.32. The molecule has 0 radical (unpaired) electrons. The van der Waals surface area contributed by atoms with Gasteiger partial charge in [-0.2, -0.15) is 0 Å². The van der Waals surface area contributed by atoms with Gasteiger partial charge in [-0.25, -0.2) is 0 Å². The molecular formula is C11H11N3O3S3. The number of amides is 1. The van der Waals surface area contributed by atoms with Crippen LogP contribution in [0.3, 0.4) is 0 Å². The highest BCUT2D eigenvalue weighted by molar-refractivity contribution is 8.01. The number of thioether (sulfide) groups is 1. The lowest BCUT2D eigenvalue weighted by Gasteiger charge is -1.96. The summed E-state index contributed by atoms with van der Waals surface area (Å²) < 4.78 is 0.515. The molecule has 106 valence electrons. The zero-order valence-electron chi connectivity index (χ0n) is 10.7. The summed E-state index contributed by atoms with van der Waals surface area (Å²) in [6, 6.07) is 1.83. The molecule has 0 saturated carbocycles. The van der Waals surface area contributed by atoms with Crippen LogP contribution in [-0.4, -0.2) is 32.9 Å². The molecule has 2 rings (SSSR count). The molecule has 0 aliphatic carbocycles. The van der Waals surface area contributed by atoms with E-state index in [2.05, 4.69) is 15.5 Å². The summed E-state index contributed by atoms with van der Waals surface area (Å²) in [7, 11) is 0. The van der Waals surface area contributed by atoms with Crippen molar-refractivity contribution in [3.8, 4) is 0 Å². The van der Waals surface area contributed by atoms with Crippen LogP contribution in [0.5, 0.6) is 0 Å². The Bertz CT molecular complexity index is 631. The van der Waals surface area contributed by atoms with Crippen LogP contribution in [-0.2, 0) is 4.79 Å². The van der Waals surface area contributed by atoms with Gasteiger partial charge in [-0.15, -0.1) is 21.5 Å². The van der Waals surface area contributed by atoms with E-state index in [1.807, 2.05) is 19.9 Å². The Balaban J connectivity index is 1.99. The Hall–Kier alpha value is -1.45. The number of carboxylic acid groups (broad SMARTS) is 1. The van der Waals surface area contributed by atoms with Gasteiger partial charge in [0.15, 0.2) is 4.34 Å². The van der Waals surface area contributed by atoms with Crippen LogP contribution in [0.4, 0.5) is 5.13 Å². The van der Waals surface area contributed by atoms with Crippen LogP contribution in [0, 0.1) is 13.8 Å². The standard InChI is InChI=1S/C11H11N3O3S3/c1-5-3-7(19-6(5)2)9(17)12-10-13-14-11(20-10)18-4-8(15)16/h3H,4H2,1-2H3,(H,15,16)(H,12,13,17). The molecular weight excluding hydrogens is 318 g/mol. The molecule has 0 atom stereocenters. The van der Waals surface area contributed by atoms with Crippen LogP contribution >= 0.6 is 34.4 Å². The molecule has 0 aromatic carbocycles. The topological polar surface area (TPSA) is 92.2 Å². The van der Waals surface area contributed by atoms with E-state index >= 15 is 0 Å². The van der Waals surface area contributed by atoms with E-state index in [4.69, 9.17) is 5.11 Å². The summed E-state index contributed by atoms with van der Waals surface area (Å²) in [6.45, 7) is 3.91. The lowest BCUT2D eigenvalue weighted by Crippen LogP contribution is -2.09. The van der Waals surface area contributed by atoms with Gasteiger partial charge in [-0.3, -0.25) is 14.9 Å². The van der Waals surface area contributed by atoms with Crippen LogP contribution in [0.25, 0.3) is 0 Å². The van der Waals surface area contributed by atoms with Crippen molar-refractivity contribution in [2.75, 3.05) is 11.1 Å². The van der Waals surface area contributed by atoms with E-state index in [0.717, 1.165) is 33.5 Å². The van der Waals surface area contributed by atoms with Gasteiger partial charge in [-0.1, -0.05) is 23.1 Å². The zero-order valence-corrected chi connectivity index (χ0v) is 13.1. The van der Waals surface area contributed by atoms with Crippen molar-refractivity contribution >= 4 is 51.4 Å². The first-order valence-electron chi connectivity index (χ1n) is 5.52. The van der Waals surface area contributed by atoms with Gasteiger partial charge in [0.25, 0.3) is 5.91 Å². The lowest BCUT2D eigenvalue weighted by atomic mass is 10.3. The third kappa shape index (κ3) is 3.78. The van der Waals surface area contributed by atoms with Gasteiger partial charge in [0.2, 0.25) is 5.13 Å². The average molecular weight is 329 g/mol. The molecule has 0 saturated heterocycles. The molecule has 0 aliphatic rings. The average Bonchev–Trinajstić information content (AvgIpc) is 2.95. The van der Waals surface area contributed by atoms with Crippen molar-refractivity contribution in [3.63, 3.8) is 0 Å². The van der Waals surface area contributed by atoms with Gasteiger partial charge in [0.1, 0.15) is 0 Å². The van der Waals surface area contributed by atoms with Crippen molar-refractivity contribution < 1.29 is 14.7 Å². The maximum absolute atomic E-state index is 12.0. The van der Waals surface area contributed by atoms with E-state index in [0.29, 0.717) is 14.3 Å². The largest absolute Gasteiger partial charge is 0.481 e. The molecule has 2 aromatic heterocycles. The fraction of sp³-hybridized carbons (Fsp3) is 0.273. The second-order valence-electron chi connectivity index (χ2n) is 3.86. The van der Waals surface area contributed by atoms with Crippen LogP contribution in [0.1, 0.15) is 20.1 Å². The fourth-order valence-electron chi connectivity index (χ4n) is 1.29. The minimum atomic E-state index is -0.916.